The van der Waals surface area contributed by atoms with E-state index in [0.29, 0.717) is 49.2 Å². The van der Waals surface area contributed by atoms with Crippen LogP contribution in [0.3, 0.4) is 0 Å². The monoisotopic (exact) mass is 481 g/mol. The number of ether oxygens (including phenoxy) is 1. The second kappa shape index (κ2) is 12.9. The Hall–Kier alpha value is -3.12. The van der Waals surface area contributed by atoms with E-state index >= 15 is 0 Å². The molecule has 0 aliphatic carbocycles. The summed E-state index contributed by atoms with van der Waals surface area (Å²) in [5, 5.41) is 10.8. The first-order valence-corrected chi connectivity index (χ1v) is 12.5. The number of carbonyl (C=O) groups excluding carboxylic acids is 1. The van der Waals surface area contributed by atoms with Gasteiger partial charge in [0.2, 0.25) is 0 Å². The van der Waals surface area contributed by atoms with Crippen molar-refractivity contribution in [3.05, 3.63) is 77.2 Å². The van der Waals surface area contributed by atoms with Crippen LogP contribution in [-0.2, 0) is 11.3 Å². The van der Waals surface area contributed by atoms with Crippen molar-refractivity contribution >= 4 is 23.2 Å². The average molecular weight is 482 g/mol. The summed E-state index contributed by atoms with van der Waals surface area (Å²) in [6.45, 7) is 2.01. The fraction of sp³-hybridized carbons (Fsp3) is 0.357. The lowest BCUT2D eigenvalue weighted by molar-refractivity contribution is -0.137. The van der Waals surface area contributed by atoms with Gasteiger partial charge in [-0.05, 0) is 67.8 Å². The standard InChI is InChI=1S/C28H33NO4S/c1-3-21(2)29(28(32)23-16-14-22(15-17-23)26-12-9-19-34-26)20-24-10-6-7-11-25(24)33-18-8-4-5-13-27(30)31/h6-7,9-12,14-17,19,21H,3-5,8,13,18,20H2,1-2H3,(H,30,31)/i20D2. The molecule has 0 aliphatic rings. The number of rotatable bonds is 13. The van der Waals surface area contributed by atoms with Gasteiger partial charge >= 0.3 is 5.97 Å². The average Bonchev–Trinajstić information content (AvgIpc) is 3.41. The van der Waals surface area contributed by atoms with E-state index in [4.69, 9.17) is 12.6 Å². The predicted octanol–water partition coefficient (Wildman–Crippen LogP) is 6.88. The molecule has 1 heterocycles. The van der Waals surface area contributed by atoms with E-state index in [9.17, 15) is 9.59 Å². The molecule has 180 valence electrons. The number of hydrogen-bond acceptors (Lipinski definition) is 4. The zero-order valence-electron chi connectivity index (χ0n) is 21.7. The number of nitrogens with zero attached hydrogens (tertiary/aromatic N) is 1. The van der Waals surface area contributed by atoms with Gasteiger partial charge in [0.25, 0.3) is 5.91 Å². The van der Waals surface area contributed by atoms with E-state index < -0.39 is 12.5 Å². The molecular weight excluding hydrogens is 446 g/mol. The second-order valence-electron chi connectivity index (χ2n) is 8.15. The van der Waals surface area contributed by atoms with Crippen LogP contribution in [0.15, 0.2) is 66.0 Å². The third-order valence-corrected chi connectivity index (χ3v) is 6.53. The summed E-state index contributed by atoms with van der Waals surface area (Å²) >= 11 is 1.62. The van der Waals surface area contributed by atoms with Crippen molar-refractivity contribution < 1.29 is 22.2 Å². The Morgan fingerprint density at radius 1 is 1.06 bits per heavy atom. The van der Waals surface area contributed by atoms with Crippen molar-refractivity contribution in [1.82, 2.24) is 4.90 Å². The number of para-hydroxylation sites is 1. The fourth-order valence-electron chi connectivity index (χ4n) is 3.45. The lowest BCUT2D eigenvalue weighted by atomic mass is 10.1. The lowest BCUT2D eigenvalue weighted by Gasteiger charge is -2.29. The van der Waals surface area contributed by atoms with Crippen molar-refractivity contribution in [2.45, 2.75) is 58.5 Å². The molecule has 0 bridgehead atoms. The van der Waals surface area contributed by atoms with Crippen molar-refractivity contribution in [3.63, 3.8) is 0 Å². The summed E-state index contributed by atoms with van der Waals surface area (Å²) in [5.41, 5.74) is 1.73. The highest BCUT2D eigenvalue weighted by Crippen LogP contribution is 2.27. The third-order valence-electron chi connectivity index (χ3n) is 5.61. The molecule has 0 radical (unpaired) electrons. The number of unbranched alkanes of at least 4 members (excludes halogenated alkanes) is 2. The first kappa shape index (κ1) is 22.7. The number of thiophene rings is 1. The molecule has 1 unspecified atom stereocenters. The summed E-state index contributed by atoms with van der Waals surface area (Å²) in [6, 6.07) is 17.8. The Morgan fingerprint density at radius 2 is 1.82 bits per heavy atom. The maximum Gasteiger partial charge on any atom is 0.303 e. The van der Waals surface area contributed by atoms with Crippen molar-refractivity contribution in [2.24, 2.45) is 0 Å². The minimum Gasteiger partial charge on any atom is -0.493 e. The Labute approximate surface area is 208 Å². The van der Waals surface area contributed by atoms with Crippen LogP contribution in [0.2, 0.25) is 0 Å². The molecule has 1 atom stereocenters. The smallest absolute Gasteiger partial charge is 0.303 e. The van der Waals surface area contributed by atoms with Gasteiger partial charge < -0.3 is 14.7 Å². The number of carboxylic acid groups (broad SMARTS) is 1. The number of carbonyl (C=O) groups is 2. The normalized spacial score (nSPS) is 13.0. The molecule has 1 N–H and O–H groups in total. The molecule has 0 aliphatic heterocycles. The largest absolute Gasteiger partial charge is 0.493 e. The van der Waals surface area contributed by atoms with E-state index in [-0.39, 0.29) is 18.4 Å². The summed E-state index contributed by atoms with van der Waals surface area (Å²) in [6.07, 6.45) is 2.66. The van der Waals surface area contributed by atoms with Crippen LogP contribution in [0.5, 0.6) is 5.75 Å². The molecule has 6 heteroatoms. The maximum atomic E-state index is 13.7. The Kier molecular flexibility index (Phi) is 8.63. The van der Waals surface area contributed by atoms with Gasteiger partial charge in [0.1, 0.15) is 5.75 Å². The number of amides is 1. The number of benzene rings is 2. The fourth-order valence-corrected chi connectivity index (χ4v) is 4.19. The third kappa shape index (κ3) is 7.19. The van der Waals surface area contributed by atoms with Crippen LogP contribution in [0.4, 0.5) is 0 Å². The number of aliphatic carboxylic acids is 1. The summed E-state index contributed by atoms with van der Waals surface area (Å²) in [5.74, 6) is -0.809. The van der Waals surface area contributed by atoms with Crippen molar-refractivity contribution in [2.75, 3.05) is 6.61 Å². The molecule has 5 nitrogen and oxygen atoms in total. The minimum absolute atomic E-state index is 0.124. The van der Waals surface area contributed by atoms with E-state index in [1.807, 2.05) is 43.5 Å². The molecule has 3 aromatic rings. The molecule has 0 saturated heterocycles. The zero-order valence-corrected chi connectivity index (χ0v) is 20.5. The van der Waals surface area contributed by atoms with Gasteiger partial charge in [-0.15, -0.1) is 11.3 Å². The van der Waals surface area contributed by atoms with Crippen molar-refractivity contribution in [3.8, 4) is 16.2 Å². The highest BCUT2D eigenvalue weighted by atomic mass is 32.1. The quantitative estimate of drug-likeness (QED) is 0.270. The Balaban J connectivity index is 1.81. The predicted molar refractivity (Wildman–Crippen MR) is 137 cm³/mol. The first-order chi connectivity index (χ1) is 17.3. The van der Waals surface area contributed by atoms with Gasteiger partial charge in [-0.1, -0.05) is 43.3 Å². The van der Waals surface area contributed by atoms with Crippen LogP contribution in [0.1, 0.15) is 64.6 Å². The van der Waals surface area contributed by atoms with Gasteiger partial charge in [-0.3, -0.25) is 9.59 Å². The highest BCUT2D eigenvalue weighted by Gasteiger charge is 2.22. The maximum absolute atomic E-state index is 13.7. The summed E-state index contributed by atoms with van der Waals surface area (Å²) < 4.78 is 24.0. The molecule has 0 fully saturated rings. The number of hydrogen-bond donors (Lipinski definition) is 1. The van der Waals surface area contributed by atoms with E-state index in [0.717, 1.165) is 10.4 Å². The molecule has 0 spiro atoms. The molecule has 0 saturated carbocycles. The highest BCUT2D eigenvalue weighted by molar-refractivity contribution is 7.13. The summed E-state index contributed by atoms with van der Waals surface area (Å²) in [4.78, 5) is 26.8. The van der Waals surface area contributed by atoms with Gasteiger partial charge in [0, 0.05) is 35.0 Å². The van der Waals surface area contributed by atoms with Gasteiger partial charge in [0.05, 0.1) is 9.35 Å². The van der Waals surface area contributed by atoms with E-state index in [2.05, 4.69) is 0 Å². The van der Waals surface area contributed by atoms with E-state index in [1.165, 1.54) is 4.90 Å². The van der Waals surface area contributed by atoms with Crippen LogP contribution >= 0.6 is 11.3 Å². The topological polar surface area (TPSA) is 66.8 Å². The molecule has 3 rings (SSSR count). The Morgan fingerprint density at radius 3 is 2.50 bits per heavy atom. The molecular formula is C28H33NO4S. The summed E-state index contributed by atoms with van der Waals surface area (Å²) in [7, 11) is 0. The first-order valence-electron chi connectivity index (χ1n) is 12.7. The SMILES string of the molecule is [2H]C([2H])(c1ccccc1OCCCCCC(=O)O)N(C(=O)c1ccc(-c2cccs2)cc1)C(C)CC. The molecule has 1 aromatic heterocycles. The minimum atomic E-state index is -2.11. The van der Waals surface area contributed by atoms with Gasteiger partial charge in [-0.25, -0.2) is 0 Å². The van der Waals surface area contributed by atoms with Crippen molar-refractivity contribution in [1.29, 1.82) is 0 Å². The number of carboxylic acids is 1. The van der Waals surface area contributed by atoms with Crippen LogP contribution in [0, 0.1) is 0 Å². The lowest BCUT2D eigenvalue weighted by Crippen LogP contribution is -2.37. The second-order valence-corrected chi connectivity index (χ2v) is 9.10. The zero-order chi connectivity index (χ0) is 26.1. The molecule has 1 amide bonds. The van der Waals surface area contributed by atoms with Gasteiger partial charge in [-0.2, -0.15) is 0 Å². The van der Waals surface area contributed by atoms with Crippen LogP contribution in [-0.4, -0.2) is 34.5 Å². The van der Waals surface area contributed by atoms with Gasteiger partial charge in [0.15, 0.2) is 0 Å². The van der Waals surface area contributed by atoms with E-state index in [1.54, 1.807) is 47.7 Å². The molecule has 34 heavy (non-hydrogen) atoms. The Bertz CT molecular complexity index is 1130. The van der Waals surface area contributed by atoms with Crippen LogP contribution < -0.4 is 4.74 Å². The van der Waals surface area contributed by atoms with Crippen LogP contribution in [0.25, 0.3) is 10.4 Å². The molecule has 2 aromatic carbocycles.